The minimum Gasteiger partial charge on any atom is -0.508 e. The predicted molar refractivity (Wildman–Crippen MR) is 204 cm³/mol. The van der Waals surface area contributed by atoms with Gasteiger partial charge in [-0.2, -0.15) is 11.8 Å². The van der Waals surface area contributed by atoms with Gasteiger partial charge in [-0.25, -0.2) is 4.79 Å². The summed E-state index contributed by atoms with van der Waals surface area (Å²) < 4.78 is 0. The summed E-state index contributed by atoms with van der Waals surface area (Å²) in [6, 6.07) is 16.1. The maximum absolute atomic E-state index is 14.1. The van der Waals surface area contributed by atoms with E-state index in [4.69, 9.17) is 11.5 Å². The van der Waals surface area contributed by atoms with Crippen molar-refractivity contribution in [3.05, 3.63) is 102 Å². The van der Waals surface area contributed by atoms with Gasteiger partial charge in [0, 0.05) is 29.9 Å². The van der Waals surface area contributed by atoms with Crippen LogP contribution in [-0.4, -0.2) is 92.9 Å². The fourth-order valence-corrected chi connectivity index (χ4v) is 6.24. The number of aliphatic carboxylic acids is 1. The molecule has 3 aromatic carbocycles. The number of primary amides is 1. The smallest absolute Gasteiger partial charge is 0.326 e. The fraction of sp³-hybridized carbons (Fsp3) is 0.316. The predicted octanol–water partition coefficient (Wildman–Crippen LogP) is 0.881. The Balaban J connectivity index is 1.57. The molecule has 54 heavy (non-hydrogen) atoms. The van der Waals surface area contributed by atoms with Gasteiger partial charge in [0.15, 0.2) is 0 Å². The van der Waals surface area contributed by atoms with Crippen LogP contribution >= 0.6 is 11.8 Å². The Morgan fingerprint density at radius 1 is 0.704 bits per heavy atom. The summed E-state index contributed by atoms with van der Waals surface area (Å²) in [7, 11) is 0. The zero-order valence-electron chi connectivity index (χ0n) is 29.6. The number of para-hydroxylation sites is 1. The van der Waals surface area contributed by atoms with Gasteiger partial charge in [-0.15, -0.1) is 0 Å². The van der Waals surface area contributed by atoms with Crippen LogP contribution in [0.5, 0.6) is 5.75 Å². The number of benzene rings is 3. The first-order chi connectivity index (χ1) is 25.8. The number of thioether (sulfide) groups is 1. The summed E-state index contributed by atoms with van der Waals surface area (Å²) in [6.45, 7) is 0. The second kappa shape index (κ2) is 19.8. The van der Waals surface area contributed by atoms with Crippen molar-refractivity contribution in [2.45, 2.75) is 62.3 Å². The molecule has 4 aromatic rings. The number of H-pyrrole nitrogens is 1. The molecule has 5 atom stereocenters. The van der Waals surface area contributed by atoms with Gasteiger partial charge in [0.1, 0.15) is 29.9 Å². The molecule has 5 amide bonds. The maximum Gasteiger partial charge on any atom is 0.326 e. The van der Waals surface area contributed by atoms with E-state index in [1.54, 1.807) is 54.9 Å². The zero-order chi connectivity index (χ0) is 39.2. The highest BCUT2D eigenvalue weighted by Crippen LogP contribution is 2.19. The first-order valence-corrected chi connectivity index (χ1v) is 18.6. The van der Waals surface area contributed by atoms with Crippen molar-refractivity contribution in [1.29, 1.82) is 0 Å². The molecule has 0 aliphatic heterocycles. The Kier molecular flexibility index (Phi) is 15.0. The summed E-state index contributed by atoms with van der Waals surface area (Å²) in [5.74, 6) is -4.93. The molecule has 11 N–H and O–H groups in total. The normalized spacial score (nSPS) is 13.8. The quantitative estimate of drug-likeness (QED) is 0.0615. The number of aromatic amines is 1. The minimum atomic E-state index is -1.62. The van der Waals surface area contributed by atoms with E-state index >= 15 is 0 Å². The number of rotatable bonds is 20. The third-order valence-electron chi connectivity index (χ3n) is 8.64. The van der Waals surface area contributed by atoms with E-state index in [2.05, 4.69) is 26.3 Å². The van der Waals surface area contributed by atoms with Gasteiger partial charge in [0.2, 0.25) is 29.5 Å². The van der Waals surface area contributed by atoms with E-state index in [-0.39, 0.29) is 31.4 Å². The van der Waals surface area contributed by atoms with Crippen LogP contribution in [0.3, 0.4) is 0 Å². The number of hydrogen-bond acceptors (Lipinski definition) is 9. The Bertz CT molecular complexity index is 1920. The first kappa shape index (κ1) is 40.9. The van der Waals surface area contributed by atoms with Crippen molar-refractivity contribution < 1.29 is 39.0 Å². The summed E-state index contributed by atoms with van der Waals surface area (Å²) in [4.78, 5) is 81.2. The van der Waals surface area contributed by atoms with Crippen LogP contribution in [0.4, 0.5) is 0 Å². The lowest BCUT2D eigenvalue weighted by molar-refractivity contribution is -0.143. The topological polar surface area (TPSA) is 259 Å². The highest BCUT2D eigenvalue weighted by atomic mass is 32.2. The minimum absolute atomic E-state index is 0.00530. The number of fused-ring (bicyclic) bond motifs is 1. The molecule has 0 fully saturated rings. The highest BCUT2D eigenvalue weighted by molar-refractivity contribution is 7.98. The van der Waals surface area contributed by atoms with E-state index in [1.165, 1.54) is 23.9 Å². The van der Waals surface area contributed by atoms with Gasteiger partial charge in [-0.1, -0.05) is 60.7 Å². The van der Waals surface area contributed by atoms with Crippen LogP contribution in [0.2, 0.25) is 0 Å². The number of phenolic OH excluding ortho intramolecular Hbond substituents is 1. The van der Waals surface area contributed by atoms with Crippen molar-refractivity contribution in [3.63, 3.8) is 0 Å². The number of phenols is 1. The number of carbonyl (C=O) groups is 6. The second-order valence-electron chi connectivity index (χ2n) is 12.8. The summed E-state index contributed by atoms with van der Waals surface area (Å²) in [5.41, 5.74) is 14.5. The molecule has 0 saturated heterocycles. The summed E-state index contributed by atoms with van der Waals surface area (Å²) >= 11 is 1.39. The van der Waals surface area contributed by atoms with Crippen LogP contribution in [0.25, 0.3) is 10.9 Å². The largest absolute Gasteiger partial charge is 0.508 e. The molecule has 0 radical (unpaired) electrons. The standard InChI is InChI=1S/C38H45N7O8S/c1-54-16-15-29(35(49)45-32(38(52)53)20-33(40)47)42-36(50)31(17-22-7-3-2-4-8-22)44-37(51)30(18-23-11-13-25(46)14-12-23)43-34(48)27(39)19-24-21-41-28-10-6-5-9-26(24)28/h2-14,21,27,29-32,41,46H,15-20,39H2,1H3,(H2,40,47)(H,42,50)(H,43,48)(H,44,51)(H,45,49)(H,52,53)/t27-,29-,30-,31-,32-/m0/s1. The van der Waals surface area contributed by atoms with Gasteiger partial charge >= 0.3 is 5.97 Å². The van der Waals surface area contributed by atoms with Gasteiger partial charge < -0.3 is 47.9 Å². The van der Waals surface area contributed by atoms with Crippen LogP contribution in [-0.2, 0) is 48.0 Å². The summed E-state index contributed by atoms with van der Waals surface area (Å²) in [5, 5.41) is 30.6. The number of nitrogens with one attached hydrogen (secondary N) is 5. The van der Waals surface area contributed by atoms with Crippen LogP contribution in [0, 0.1) is 0 Å². The molecule has 0 bridgehead atoms. The highest BCUT2D eigenvalue weighted by Gasteiger charge is 2.32. The molecule has 286 valence electrons. The third kappa shape index (κ3) is 12.1. The van der Waals surface area contributed by atoms with Gasteiger partial charge in [-0.05, 0) is 59.7 Å². The Labute approximate surface area is 316 Å². The number of carboxylic acid groups (broad SMARTS) is 1. The lowest BCUT2D eigenvalue weighted by Gasteiger charge is -2.26. The number of carboxylic acids is 1. The molecule has 0 aliphatic carbocycles. The average Bonchev–Trinajstić information content (AvgIpc) is 3.55. The molecule has 0 saturated carbocycles. The van der Waals surface area contributed by atoms with Crippen molar-refractivity contribution in [1.82, 2.24) is 26.3 Å². The SMILES string of the molecule is CSCC[C@H](NC(=O)[C@H](Cc1ccccc1)NC(=O)[C@H](Cc1ccc(O)cc1)NC(=O)[C@@H](N)Cc1c[nH]c2ccccc12)C(=O)N[C@@H](CC(N)=O)C(=O)O. The maximum atomic E-state index is 14.1. The van der Waals surface area contributed by atoms with Crippen LogP contribution in [0.1, 0.15) is 29.5 Å². The Hall–Kier alpha value is -5.87. The molecular formula is C38H45N7O8S. The Morgan fingerprint density at radius 2 is 1.24 bits per heavy atom. The van der Waals surface area contributed by atoms with E-state index in [9.17, 15) is 39.0 Å². The number of aromatic nitrogens is 1. The van der Waals surface area contributed by atoms with E-state index in [1.807, 2.05) is 24.3 Å². The number of nitrogens with two attached hydrogens (primary N) is 2. The molecule has 0 spiro atoms. The third-order valence-corrected chi connectivity index (χ3v) is 9.28. The van der Waals surface area contributed by atoms with Crippen molar-refractivity contribution in [2.75, 3.05) is 12.0 Å². The lowest BCUT2D eigenvalue weighted by atomic mass is 10.0. The van der Waals surface area contributed by atoms with E-state index < -0.39 is 72.1 Å². The average molecular weight is 760 g/mol. The number of carbonyl (C=O) groups excluding carboxylic acids is 5. The number of hydrogen-bond donors (Lipinski definition) is 9. The monoisotopic (exact) mass is 759 g/mol. The fourth-order valence-electron chi connectivity index (χ4n) is 5.77. The van der Waals surface area contributed by atoms with Crippen LogP contribution in [0.15, 0.2) is 85.1 Å². The lowest BCUT2D eigenvalue weighted by Crippen LogP contribution is -2.59. The van der Waals surface area contributed by atoms with Gasteiger partial charge in [0.25, 0.3) is 0 Å². The van der Waals surface area contributed by atoms with E-state index in [0.717, 1.165) is 16.5 Å². The van der Waals surface area contributed by atoms with Crippen LogP contribution < -0.4 is 32.7 Å². The van der Waals surface area contributed by atoms with Gasteiger partial charge in [-0.3, -0.25) is 24.0 Å². The molecular weight excluding hydrogens is 715 g/mol. The Morgan fingerprint density at radius 3 is 1.85 bits per heavy atom. The van der Waals surface area contributed by atoms with Crippen molar-refractivity contribution >= 4 is 58.2 Å². The molecule has 16 heteroatoms. The molecule has 15 nitrogen and oxygen atoms in total. The molecule has 0 unspecified atom stereocenters. The number of amides is 5. The first-order valence-electron chi connectivity index (χ1n) is 17.2. The number of aromatic hydroxyl groups is 1. The molecule has 4 rings (SSSR count). The summed E-state index contributed by atoms with van der Waals surface area (Å²) in [6.07, 6.45) is 3.15. The van der Waals surface area contributed by atoms with Crippen molar-refractivity contribution in [2.24, 2.45) is 11.5 Å². The zero-order valence-corrected chi connectivity index (χ0v) is 30.4. The van der Waals surface area contributed by atoms with E-state index in [0.29, 0.717) is 16.9 Å². The second-order valence-corrected chi connectivity index (χ2v) is 13.8. The molecule has 0 aliphatic rings. The van der Waals surface area contributed by atoms with Crippen molar-refractivity contribution in [3.8, 4) is 5.75 Å². The van der Waals surface area contributed by atoms with Gasteiger partial charge in [0.05, 0.1) is 12.5 Å². The molecule has 1 heterocycles. The molecule has 1 aromatic heterocycles.